The Kier molecular flexibility index (Phi) is 5.93. The summed E-state index contributed by atoms with van der Waals surface area (Å²) in [5.41, 5.74) is 2.31. The average molecular weight is 598 g/mol. The first-order chi connectivity index (χ1) is 19.2. The van der Waals surface area contributed by atoms with Gasteiger partial charge in [-0.05, 0) is 61.4 Å². The molecule has 4 aliphatic rings. The number of carbonyl (C=O) groups is 4. The molecule has 4 amide bonds. The molecule has 41 heavy (non-hydrogen) atoms. The number of phenolic OH excluding ortho intramolecular Hbond substituents is 1. The van der Waals surface area contributed by atoms with E-state index in [4.69, 9.17) is 23.2 Å². The first kappa shape index (κ1) is 27.4. The number of benzene rings is 2. The number of alkyl halides is 2. The van der Waals surface area contributed by atoms with Gasteiger partial charge in [0.2, 0.25) is 11.8 Å². The highest BCUT2D eigenvalue weighted by molar-refractivity contribution is 6.53. The molecule has 1 N–H and O–H groups in total. The molecule has 1 saturated carbocycles. The Bertz CT molecular complexity index is 1600. The molecule has 212 valence electrons. The van der Waals surface area contributed by atoms with Gasteiger partial charge in [-0.3, -0.25) is 39.1 Å². The number of hydrogen-bond acceptors (Lipinski definition) is 7. The molecule has 2 aliphatic heterocycles. The topological polar surface area (TPSA) is 138 Å². The van der Waals surface area contributed by atoms with Crippen LogP contribution in [0.3, 0.4) is 0 Å². The van der Waals surface area contributed by atoms with Crippen molar-refractivity contribution in [1.29, 1.82) is 0 Å². The zero-order valence-corrected chi connectivity index (χ0v) is 23.8. The van der Waals surface area contributed by atoms with Crippen LogP contribution in [0, 0.1) is 41.7 Å². The van der Waals surface area contributed by atoms with Gasteiger partial charge in [0, 0.05) is 25.1 Å². The summed E-state index contributed by atoms with van der Waals surface area (Å²) < 4.78 is 0. The van der Waals surface area contributed by atoms with Crippen molar-refractivity contribution in [2.75, 3.05) is 11.9 Å². The fourth-order valence-electron chi connectivity index (χ4n) is 7.25. The van der Waals surface area contributed by atoms with E-state index in [-0.39, 0.29) is 30.0 Å². The normalized spacial score (nSPS) is 32.6. The molecule has 12 heteroatoms. The smallest absolute Gasteiger partial charge is 0.269 e. The molecule has 6 atom stereocenters. The van der Waals surface area contributed by atoms with E-state index in [0.29, 0.717) is 22.3 Å². The summed E-state index contributed by atoms with van der Waals surface area (Å²) in [6.45, 7) is 3.42. The van der Waals surface area contributed by atoms with Crippen molar-refractivity contribution in [3.05, 3.63) is 74.9 Å². The van der Waals surface area contributed by atoms with Crippen LogP contribution in [0.15, 0.2) is 48.0 Å². The predicted molar refractivity (Wildman–Crippen MR) is 149 cm³/mol. The highest BCUT2D eigenvalue weighted by Crippen LogP contribution is 2.65. The lowest BCUT2D eigenvalue weighted by atomic mass is 9.56. The van der Waals surface area contributed by atoms with Crippen LogP contribution in [0.4, 0.5) is 11.4 Å². The van der Waals surface area contributed by atoms with Gasteiger partial charge in [-0.25, -0.2) is 0 Å². The predicted octanol–water partition coefficient (Wildman–Crippen LogP) is 4.11. The van der Waals surface area contributed by atoms with Gasteiger partial charge in [-0.2, -0.15) is 0 Å². The summed E-state index contributed by atoms with van der Waals surface area (Å²) in [5, 5.41) is 21.6. The van der Waals surface area contributed by atoms with Crippen molar-refractivity contribution in [3.8, 4) is 5.75 Å². The number of hydrogen-bond donors (Lipinski definition) is 1. The highest BCUT2D eigenvalue weighted by Gasteiger charge is 2.75. The number of nitro benzene ring substituents is 1. The average Bonchev–Trinajstić information content (AvgIpc) is 3.26. The summed E-state index contributed by atoms with van der Waals surface area (Å²) in [7, 11) is 1.32. The maximum atomic E-state index is 14.0. The van der Waals surface area contributed by atoms with Crippen molar-refractivity contribution in [1.82, 2.24) is 4.90 Å². The quantitative estimate of drug-likeness (QED) is 0.185. The van der Waals surface area contributed by atoms with E-state index in [9.17, 15) is 34.4 Å². The standard InChI is InChI=1S/C29H25Cl2N3O7/c1-13-10-15(11-14(2)23(13)35)22-18-8-9-19-21(20(18)12-28(30)26(38)32(3)27(39)29(22,28)31)25(37)33(24(19)36)16-4-6-17(7-5-16)34(40)41/h4-8,10-11,19-22,35H,9,12H2,1-3H3/t19-,20+,21-,22-,28+,29-/m0/s1. The SMILES string of the molecule is Cc1cc([C@H]2C3=CC[C@@H]4C(=O)N(c5ccc([N+](=O)[O-])cc5)C(=O)[C@@H]4[C@@H]3C[C@@]3(Cl)C(=O)N(C)C(=O)[C@@]23Cl)cc(C)c1O. The van der Waals surface area contributed by atoms with Gasteiger partial charge in [0.05, 0.1) is 22.4 Å². The number of phenols is 1. The fourth-order valence-corrected chi connectivity index (χ4v) is 8.27. The molecule has 0 unspecified atom stereocenters. The van der Waals surface area contributed by atoms with Crippen LogP contribution in [0.25, 0.3) is 0 Å². The third-order valence-electron chi connectivity index (χ3n) is 9.18. The number of halogens is 2. The lowest BCUT2D eigenvalue weighted by Crippen LogP contribution is -2.60. The number of imide groups is 2. The Morgan fingerprint density at radius 2 is 1.59 bits per heavy atom. The number of anilines is 1. The number of rotatable bonds is 3. The molecular formula is C29H25Cl2N3O7. The fraction of sp³-hybridized carbons (Fsp3) is 0.379. The van der Waals surface area contributed by atoms with Gasteiger partial charge in [-0.1, -0.05) is 23.8 Å². The molecule has 2 aromatic carbocycles. The summed E-state index contributed by atoms with van der Waals surface area (Å²) in [4.78, 5) is 63.5. The van der Waals surface area contributed by atoms with E-state index in [0.717, 1.165) is 9.80 Å². The Morgan fingerprint density at radius 1 is 0.976 bits per heavy atom. The van der Waals surface area contributed by atoms with Gasteiger partial charge in [0.1, 0.15) is 5.75 Å². The number of non-ortho nitro benzene ring substituents is 1. The van der Waals surface area contributed by atoms with Gasteiger partial charge >= 0.3 is 0 Å². The molecule has 0 radical (unpaired) electrons. The van der Waals surface area contributed by atoms with Crippen LogP contribution < -0.4 is 4.90 Å². The maximum absolute atomic E-state index is 14.0. The first-order valence-corrected chi connectivity index (χ1v) is 13.8. The molecule has 10 nitrogen and oxygen atoms in total. The molecule has 0 bridgehead atoms. The molecule has 0 aromatic heterocycles. The minimum atomic E-state index is -1.91. The molecular weight excluding hydrogens is 573 g/mol. The number of carbonyl (C=O) groups excluding carboxylic acids is 4. The molecule has 0 spiro atoms. The zero-order valence-electron chi connectivity index (χ0n) is 22.3. The molecule has 3 fully saturated rings. The van der Waals surface area contributed by atoms with E-state index in [1.54, 1.807) is 26.0 Å². The number of fused-ring (bicyclic) bond motifs is 4. The van der Waals surface area contributed by atoms with E-state index in [1.165, 1.54) is 31.3 Å². The van der Waals surface area contributed by atoms with E-state index >= 15 is 0 Å². The van der Waals surface area contributed by atoms with Crippen molar-refractivity contribution < 1.29 is 29.2 Å². The summed E-state index contributed by atoms with van der Waals surface area (Å²) in [6.07, 6.45) is 1.88. The Labute approximate surface area is 244 Å². The Balaban J connectivity index is 1.50. The van der Waals surface area contributed by atoms with Crippen molar-refractivity contribution in [2.45, 2.75) is 42.4 Å². The number of amides is 4. The summed E-state index contributed by atoms with van der Waals surface area (Å²) in [5.74, 6) is -5.45. The minimum absolute atomic E-state index is 0.0841. The lowest BCUT2D eigenvalue weighted by Gasteiger charge is -2.51. The largest absolute Gasteiger partial charge is 0.507 e. The van der Waals surface area contributed by atoms with E-state index in [2.05, 4.69) is 0 Å². The van der Waals surface area contributed by atoms with Crippen LogP contribution in [0.1, 0.15) is 35.4 Å². The van der Waals surface area contributed by atoms with Gasteiger partial charge in [0.25, 0.3) is 17.5 Å². The number of aryl methyl sites for hydroxylation is 2. The van der Waals surface area contributed by atoms with Gasteiger partial charge < -0.3 is 5.11 Å². The summed E-state index contributed by atoms with van der Waals surface area (Å²) in [6, 6.07) is 8.55. The molecule has 2 aromatic rings. The van der Waals surface area contributed by atoms with Crippen molar-refractivity contribution in [2.24, 2.45) is 17.8 Å². The van der Waals surface area contributed by atoms with Gasteiger partial charge in [-0.15, -0.1) is 23.2 Å². The highest BCUT2D eigenvalue weighted by atomic mass is 35.5. The number of nitrogens with zero attached hydrogens (tertiary/aromatic N) is 3. The van der Waals surface area contributed by atoms with Crippen LogP contribution in [-0.4, -0.2) is 55.4 Å². The molecule has 2 heterocycles. The van der Waals surface area contributed by atoms with Crippen molar-refractivity contribution in [3.63, 3.8) is 0 Å². The zero-order chi connectivity index (χ0) is 29.8. The maximum Gasteiger partial charge on any atom is 0.269 e. The first-order valence-electron chi connectivity index (χ1n) is 13.1. The Morgan fingerprint density at radius 3 is 2.17 bits per heavy atom. The molecule has 6 rings (SSSR count). The van der Waals surface area contributed by atoms with E-state index < -0.39 is 62.0 Å². The monoisotopic (exact) mass is 597 g/mol. The second-order valence-corrected chi connectivity index (χ2v) is 12.5. The van der Waals surface area contributed by atoms with Crippen LogP contribution in [0.5, 0.6) is 5.75 Å². The number of likely N-dealkylation sites (tertiary alicyclic amines) is 1. The van der Waals surface area contributed by atoms with E-state index in [1.807, 2.05) is 6.08 Å². The second kappa shape index (κ2) is 8.87. The Hall–Kier alpha value is -3.76. The number of aromatic hydroxyl groups is 1. The minimum Gasteiger partial charge on any atom is -0.507 e. The third-order valence-corrected chi connectivity index (χ3v) is 10.6. The number of nitro groups is 1. The van der Waals surface area contributed by atoms with Crippen LogP contribution in [-0.2, 0) is 19.2 Å². The second-order valence-electron chi connectivity index (χ2n) is 11.3. The van der Waals surface area contributed by atoms with Crippen molar-refractivity contribution >= 4 is 58.2 Å². The number of allylic oxidation sites excluding steroid dienone is 2. The lowest BCUT2D eigenvalue weighted by molar-refractivity contribution is -0.384. The van der Waals surface area contributed by atoms with Crippen LogP contribution >= 0.6 is 23.2 Å². The third kappa shape index (κ3) is 3.43. The molecule has 2 aliphatic carbocycles. The van der Waals surface area contributed by atoms with Crippen LogP contribution in [0.2, 0.25) is 0 Å². The summed E-state index contributed by atoms with van der Waals surface area (Å²) >= 11 is 14.3. The van der Waals surface area contributed by atoms with Gasteiger partial charge in [0.15, 0.2) is 9.75 Å². The molecule has 2 saturated heterocycles.